The van der Waals surface area contributed by atoms with Gasteiger partial charge in [-0.2, -0.15) is 0 Å². The van der Waals surface area contributed by atoms with Crippen LogP contribution in [0.5, 0.6) is 0 Å². The normalized spacial score (nSPS) is 28.4. The maximum absolute atomic E-state index is 2.39. The quantitative estimate of drug-likeness (QED) is 0.216. The van der Waals surface area contributed by atoms with Crippen LogP contribution in [0.1, 0.15) is 430 Å². The van der Waals surface area contributed by atoms with E-state index in [-0.39, 0.29) is 0 Å². The SMILES string of the molecule is CC(C)C(C)(C)C.CC(C)C1CCC1.CC1(C)CCCC1.CC1CCCCC1.CC1CCC[C@H]1C.CC1CC[C@@H](C)C1.CCC(C)C(C)C.CCC1(C)CCC1.CCC1CC(C)C1.CCC1CCCC1.CCC1CC[C@@H]1C.CCCC1CCC1. The van der Waals surface area contributed by atoms with Gasteiger partial charge in [-0.3, -0.25) is 0 Å². The molecule has 10 fully saturated rings. The summed E-state index contributed by atoms with van der Waals surface area (Å²) in [5, 5.41) is 0. The van der Waals surface area contributed by atoms with Gasteiger partial charge < -0.3 is 0 Å². The topological polar surface area (TPSA) is 0 Å². The summed E-state index contributed by atoms with van der Waals surface area (Å²) in [6, 6.07) is 0. The van der Waals surface area contributed by atoms with Crippen molar-refractivity contribution in [3.8, 4) is 0 Å². The highest BCUT2D eigenvalue weighted by atomic mass is 14.3. The molecular formula is C84H172. The zero-order valence-corrected chi connectivity index (χ0v) is 64.3. The van der Waals surface area contributed by atoms with Gasteiger partial charge in [0.2, 0.25) is 0 Å². The monoisotopic (exact) mass is 1180 g/mol. The fraction of sp³-hybridized carbons (Fsp3) is 1.00. The zero-order chi connectivity index (χ0) is 64.3. The van der Waals surface area contributed by atoms with Crippen molar-refractivity contribution in [2.45, 2.75) is 430 Å². The van der Waals surface area contributed by atoms with Crippen molar-refractivity contribution >= 4 is 0 Å². The maximum atomic E-state index is 2.39. The summed E-state index contributed by atoms with van der Waals surface area (Å²) in [4.78, 5) is 0. The van der Waals surface area contributed by atoms with Crippen LogP contribution in [-0.2, 0) is 0 Å². The smallest absolute Gasteiger partial charge is 0.0328 e. The van der Waals surface area contributed by atoms with E-state index in [4.69, 9.17) is 0 Å². The molecule has 0 amide bonds. The summed E-state index contributed by atoms with van der Waals surface area (Å²) in [7, 11) is 0. The molecule has 4 unspecified atom stereocenters. The minimum atomic E-state index is 0.500. The Kier molecular flexibility index (Phi) is 51.9. The van der Waals surface area contributed by atoms with Gasteiger partial charge in [-0.25, -0.2) is 0 Å². The van der Waals surface area contributed by atoms with Gasteiger partial charge in [-0.1, -0.05) is 379 Å². The largest absolute Gasteiger partial charge is 0.0654 e. The second kappa shape index (κ2) is 50.6. The third-order valence-corrected chi connectivity index (χ3v) is 24.5. The van der Waals surface area contributed by atoms with Crippen LogP contribution in [0.2, 0.25) is 0 Å². The van der Waals surface area contributed by atoms with Crippen molar-refractivity contribution in [3.63, 3.8) is 0 Å². The van der Waals surface area contributed by atoms with Gasteiger partial charge in [0, 0.05) is 0 Å². The highest BCUT2D eigenvalue weighted by Crippen LogP contribution is 2.43. The van der Waals surface area contributed by atoms with Crippen LogP contribution in [0.25, 0.3) is 0 Å². The van der Waals surface area contributed by atoms with E-state index < -0.39 is 0 Å². The molecular weight excluding hydrogens is 1010 g/mol. The molecule has 0 aliphatic heterocycles. The first-order chi connectivity index (χ1) is 39.4. The van der Waals surface area contributed by atoms with E-state index >= 15 is 0 Å². The summed E-state index contributed by atoms with van der Waals surface area (Å²) in [5.41, 5.74) is 1.96. The third-order valence-electron chi connectivity index (χ3n) is 24.5. The first kappa shape index (κ1) is 86.1. The Labute approximate surface area is 538 Å². The number of rotatable bonds is 9. The molecule has 10 saturated carbocycles. The van der Waals surface area contributed by atoms with Gasteiger partial charge in [0.05, 0.1) is 0 Å². The predicted molar refractivity (Wildman–Crippen MR) is 391 cm³/mol. The summed E-state index contributed by atoms with van der Waals surface area (Å²) in [5.74, 6) is 16.2. The van der Waals surface area contributed by atoms with Crippen molar-refractivity contribution in [1.82, 2.24) is 0 Å². The molecule has 0 N–H and O–H groups in total. The van der Waals surface area contributed by atoms with Gasteiger partial charge in [0.15, 0.2) is 0 Å². The standard InChI is InChI=1S/10C7H14.2C7H16/c1-6-3-4-7(2)5-6;1-7(2)5-3-4-6-7;1-6-4-3-5-7(6)2;1-6(2)7-4-3-5-7;1-7-5-3-2-4-6-7;1-3-7-4-6(2)5-7;1-3-7(2)5-4-6-7;1-3-7-5-4-6(7)2;1-2-7-5-3-4-6-7;1-2-4-7-5-3-6-7;1-6(2)7(3,4)5;1-5-7(4)6(2)3/h6-7H,3-5H2,1-2H3;3-6H2,1-2H3;2*6-7H,3-5H2,1-2H3;7H,2-6H2,1H3;6-7H,3-5H2,1-2H3;3-6H2,1-2H3;6-7H,3-5H2,1-2H3;2*7H,2-6H2,1H3;6H,1-5H3;6-7H,5H2,1-4H3/t6-,7?;;6-,7?;;;;;6-,7?;;;;/m1.1....0..../s1. The van der Waals surface area contributed by atoms with E-state index in [2.05, 4.69) is 180 Å². The Morgan fingerprint density at radius 2 is 0.845 bits per heavy atom. The second-order valence-corrected chi connectivity index (χ2v) is 34.8. The van der Waals surface area contributed by atoms with E-state index in [1.807, 2.05) is 0 Å². The molecule has 0 radical (unpaired) electrons. The molecule has 10 aliphatic carbocycles. The van der Waals surface area contributed by atoms with Gasteiger partial charge >= 0.3 is 0 Å². The average Bonchev–Trinajstić information content (AvgIpc) is 4.33. The Morgan fingerprint density at radius 3 is 0.952 bits per heavy atom. The predicted octanol–water partition coefficient (Wildman–Crippen LogP) is 30.5. The fourth-order valence-corrected chi connectivity index (χ4v) is 13.5. The summed E-state index contributed by atoms with van der Waals surface area (Å²) < 4.78 is 0. The highest BCUT2D eigenvalue weighted by Gasteiger charge is 2.29. The minimum absolute atomic E-state index is 0.500. The fourth-order valence-electron chi connectivity index (χ4n) is 13.5. The van der Waals surface area contributed by atoms with Crippen molar-refractivity contribution in [2.75, 3.05) is 0 Å². The highest BCUT2D eigenvalue weighted by molar-refractivity contribution is 4.81. The number of hydrogen-bond donors (Lipinski definition) is 0. The van der Waals surface area contributed by atoms with Crippen molar-refractivity contribution in [2.24, 2.45) is 111 Å². The molecule has 0 aromatic carbocycles. The lowest BCUT2D eigenvalue weighted by Crippen LogP contribution is -2.23. The van der Waals surface area contributed by atoms with Gasteiger partial charge in [0.1, 0.15) is 0 Å². The zero-order valence-electron chi connectivity index (χ0n) is 64.3. The van der Waals surface area contributed by atoms with Gasteiger partial charge in [-0.15, -0.1) is 0 Å². The first-order valence-electron chi connectivity index (χ1n) is 39.4. The van der Waals surface area contributed by atoms with E-state index in [1.54, 1.807) is 0 Å². The maximum Gasteiger partial charge on any atom is -0.0328 e. The van der Waals surface area contributed by atoms with Gasteiger partial charge in [0.25, 0.3) is 0 Å². The molecule has 0 nitrogen and oxygen atoms in total. The average molecular weight is 1180 g/mol. The Morgan fingerprint density at radius 1 is 0.393 bits per heavy atom. The van der Waals surface area contributed by atoms with Crippen LogP contribution in [0, 0.1) is 111 Å². The Balaban J connectivity index is 0. The van der Waals surface area contributed by atoms with E-state index in [9.17, 15) is 0 Å². The molecule has 508 valence electrons. The van der Waals surface area contributed by atoms with E-state index in [0.717, 1.165) is 100 Å². The molecule has 10 rings (SSSR count). The second-order valence-electron chi connectivity index (χ2n) is 34.8. The van der Waals surface area contributed by atoms with Crippen LogP contribution in [-0.4, -0.2) is 0 Å². The Hall–Kier alpha value is 0. The lowest BCUT2D eigenvalue weighted by Gasteiger charge is -2.37. The molecule has 0 heteroatoms. The van der Waals surface area contributed by atoms with Crippen molar-refractivity contribution in [3.05, 3.63) is 0 Å². The molecule has 0 spiro atoms. The third kappa shape index (κ3) is 46.1. The van der Waals surface area contributed by atoms with Gasteiger partial charge in [-0.05, 0) is 162 Å². The van der Waals surface area contributed by atoms with E-state index in [0.29, 0.717) is 10.8 Å². The molecule has 7 atom stereocenters. The van der Waals surface area contributed by atoms with Crippen LogP contribution in [0.4, 0.5) is 0 Å². The molecule has 0 heterocycles. The lowest BCUT2D eigenvalue weighted by atomic mass is 9.69. The summed E-state index contributed by atoms with van der Waals surface area (Å²) in [6.07, 6.45) is 57.4. The molecule has 0 saturated heterocycles. The molecule has 84 heavy (non-hydrogen) atoms. The first-order valence-corrected chi connectivity index (χ1v) is 39.4. The van der Waals surface area contributed by atoms with Crippen molar-refractivity contribution in [1.29, 1.82) is 0 Å². The van der Waals surface area contributed by atoms with Crippen molar-refractivity contribution < 1.29 is 0 Å². The van der Waals surface area contributed by atoms with Crippen LogP contribution in [0.3, 0.4) is 0 Å². The molecule has 0 aromatic heterocycles. The van der Waals surface area contributed by atoms with Crippen LogP contribution in [0.15, 0.2) is 0 Å². The summed E-state index contributed by atoms with van der Waals surface area (Å²) >= 11 is 0. The van der Waals surface area contributed by atoms with Crippen LogP contribution < -0.4 is 0 Å². The summed E-state index contributed by atoms with van der Waals surface area (Å²) in [6.45, 7) is 60.0. The Bertz CT molecular complexity index is 1290. The molecule has 0 bridgehead atoms. The minimum Gasteiger partial charge on any atom is -0.0654 e. The van der Waals surface area contributed by atoms with E-state index in [1.165, 1.54) is 250 Å². The van der Waals surface area contributed by atoms with Crippen LogP contribution >= 0.6 is 0 Å². The number of hydrogen-bond acceptors (Lipinski definition) is 0. The molecule has 0 aromatic rings. The lowest BCUT2D eigenvalue weighted by molar-refractivity contribution is 0.155. The molecule has 10 aliphatic rings.